The van der Waals surface area contributed by atoms with E-state index in [9.17, 15) is 4.79 Å². The minimum absolute atomic E-state index is 0.101. The average Bonchev–Trinajstić information content (AvgIpc) is 3.01. The smallest absolute Gasteiger partial charge is 0.230 e. The molecular formula is C17H22N2OS2. The summed E-state index contributed by atoms with van der Waals surface area (Å²) in [6.07, 6.45) is 0. The molecule has 1 heterocycles. The molecule has 1 amide bonds. The number of thiophene rings is 1. The molecule has 0 saturated heterocycles. The predicted molar refractivity (Wildman–Crippen MR) is 96.4 cm³/mol. The number of benzene rings is 1. The van der Waals surface area contributed by atoms with Crippen LogP contribution in [0.25, 0.3) is 0 Å². The maximum atomic E-state index is 12.0. The van der Waals surface area contributed by atoms with E-state index in [0.29, 0.717) is 12.3 Å². The van der Waals surface area contributed by atoms with E-state index in [1.54, 1.807) is 23.1 Å². The van der Waals surface area contributed by atoms with Crippen LogP contribution >= 0.6 is 23.1 Å². The van der Waals surface area contributed by atoms with E-state index in [1.165, 1.54) is 10.4 Å². The molecule has 1 aromatic carbocycles. The van der Waals surface area contributed by atoms with Crippen LogP contribution in [0.5, 0.6) is 0 Å². The third-order valence-electron chi connectivity index (χ3n) is 3.36. The van der Waals surface area contributed by atoms with Gasteiger partial charge in [-0.3, -0.25) is 4.79 Å². The van der Waals surface area contributed by atoms with E-state index in [-0.39, 0.29) is 11.9 Å². The number of likely N-dealkylation sites (N-methyl/N-ethyl adjacent to an activating group) is 1. The lowest BCUT2D eigenvalue weighted by atomic mass is 10.1. The summed E-state index contributed by atoms with van der Waals surface area (Å²) in [4.78, 5) is 15.4. The Kier molecular flexibility index (Phi) is 6.96. The second-order valence-electron chi connectivity index (χ2n) is 5.27. The van der Waals surface area contributed by atoms with Crippen LogP contribution in [0.2, 0.25) is 0 Å². The van der Waals surface area contributed by atoms with E-state index in [0.717, 1.165) is 5.75 Å². The fourth-order valence-corrected chi connectivity index (χ4v) is 3.87. The van der Waals surface area contributed by atoms with Crippen molar-refractivity contribution in [2.45, 2.75) is 11.8 Å². The molecular weight excluding hydrogens is 312 g/mol. The number of hydrogen-bond acceptors (Lipinski definition) is 4. The Morgan fingerprint density at radius 3 is 2.64 bits per heavy atom. The Labute approximate surface area is 140 Å². The number of carbonyl (C=O) groups excluding carboxylic acids is 1. The summed E-state index contributed by atoms with van der Waals surface area (Å²) in [5.74, 6) is 1.51. The minimum atomic E-state index is 0.101. The van der Waals surface area contributed by atoms with Crippen molar-refractivity contribution in [1.29, 1.82) is 0 Å². The Morgan fingerprint density at radius 1 is 1.23 bits per heavy atom. The van der Waals surface area contributed by atoms with Crippen LogP contribution < -0.4 is 5.32 Å². The van der Waals surface area contributed by atoms with Gasteiger partial charge in [0.2, 0.25) is 5.91 Å². The van der Waals surface area contributed by atoms with Crippen molar-refractivity contribution < 1.29 is 4.79 Å². The van der Waals surface area contributed by atoms with Gasteiger partial charge in [-0.05, 0) is 31.1 Å². The van der Waals surface area contributed by atoms with Crippen LogP contribution in [0.4, 0.5) is 0 Å². The number of rotatable bonds is 8. The Balaban J connectivity index is 1.76. The summed E-state index contributed by atoms with van der Waals surface area (Å²) >= 11 is 3.39. The molecule has 0 fully saturated rings. The molecule has 0 aliphatic carbocycles. The van der Waals surface area contributed by atoms with E-state index < -0.39 is 0 Å². The molecule has 0 bridgehead atoms. The molecule has 0 saturated carbocycles. The van der Waals surface area contributed by atoms with Crippen LogP contribution in [0.1, 0.15) is 16.5 Å². The van der Waals surface area contributed by atoms with Crippen LogP contribution in [-0.4, -0.2) is 37.2 Å². The van der Waals surface area contributed by atoms with Crippen molar-refractivity contribution in [1.82, 2.24) is 10.2 Å². The van der Waals surface area contributed by atoms with Crippen molar-refractivity contribution >= 4 is 29.0 Å². The number of thioether (sulfide) groups is 1. The molecule has 5 heteroatoms. The topological polar surface area (TPSA) is 32.3 Å². The Morgan fingerprint density at radius 2 is 2.00 bits per heavy atom. The van der Waals surface area contributed by atoms with Crippen molar-refractivity contribution in [3.05, 3.63) is 58.3 Å². The highest BCUT2D eigenvalue weighted by molar-refractivity contribution is 7.99. The van der Waals surface area contributed by atoms with Crippen LogP contribution in [0.15, 0.2) is 47.8 Å². The maximum Gasteiger partial charge on any atom is 0.230 e. The van der Waals surface area contributed by atoms with Gasteiger partial charge in [-0.25, -0.2) is 0 Å². The normalized spacial score (nSPS) is 12.3. The lowest BCUT2D eigenvalue weighted by Crippen LogP contribution is -2.35. The monoisotopic (exact) mass is 334 g/mol. The molecule has 0 aliphatic rings. The van der Waals surface area contributed by atoms with Crippen molar-refractivity contribution in [3.8, 4) is 0 Å². The molecule has 1 aromatic heterocycles. The molecule has 118 valence electrons. The van der Waals surface area contributed by atoms with Crippen LogP contribution in [-0.2, 0) is 10.5 Å². The van der Waals surface area contributed by atoms with Gasteiger partial charge in [0.1, 0.15) is 0 Å². The molecule has 1 atom stereocenters. The number of carbonyl (C=O) groups is 1. The number of amides is 1. The number of hydrogen-bond donors (Lipinski definition) is 1. The maximum absolute atomic E-state index is 12.0. The second-order valence-corrected chi connectivity index (χ2v) is 7.28. The molecule has 22 heavy (non-hydrogen) atoms. The van der Waals surface area contributed by atoms with Gasteiger partial charge in [-0.2, -0.15) is 0 Å². The minimum Gasteiger partial charge on any atom is -0.353 e. The van der Waals surface area contributed by atoms with Gasteiger partial charge in [0.25, 0.3) is 0 Å². The molecule has 2 aromatic rings. The van der Waals surface area contributed by atoms with Gasteiger partial charge in [-0.1, -0.05) is 36.4 Å². The molecule has 0 spiro atoms. The third-order valence-corrected chi connectivity index (χ3v) is 5.40. The summed E-state index contributed by atoms with van der Waals surface area (Å²) in [5, 5.41) is 5.11. The zero-order valence-corrected chi connectivity index (χ0v) is 14.6. The first-order chi connectivity index (χ1) is 10.7. The third kappa shape index (κ3) is 5.48. The summed E-state index contributed by atoms with van der Waals surface area (Å²) in [5.41, 5.74) is 1.22. The van der Waals surface area contributed by atoms with Gasteiger partial charge in [0.05, 0.1) is 11.8 Å². The lowest BCUT2D eigenvalue weighted by Gasteiger charge is -2.25. The van der Waals surface area contributed by atoms with Gasteiger partial charge in [0, 0.05) is 17.2 Å². The average molecular weight is 335 g/mol. The molecule has 1 N–H and O–H groups in total. The standard InChI is InChI=1S/C17H22N2OS2/c1-19(2)16(14-7-4-3-5-8-14)11-18-17(20)13-21-12-15-9-6-10-22-15/h3-10,16H,11-13H2,1-2H3,(H,18,20)/t16-/m0/s1. The summed E-state index contributed by atoms with van der Waals surface area (Å²) in [6, 6.07) is 14.6. The lowest BCUT2D eigenvalue weighted by molar-refractivity contribution is -0.118. The molecule has 3 nitrogen and oxygen atoms in total. The van der Waals surface area contributed by atoms with E-state index in [1.807, 2.05) is 38.4 Å². The number of nitrogens with zero attached hydrogens (tertiary/aromatic N) is 1. The molecule has 2 rings (SSSR count). The van der Waals surface area contributed by atoms with E-state index >= 15 is 0 Å². The zero-order chi connectivity index (χ0) is 15.8. The first-order valence-corrected chi connectivity index (χ1v) is 9.28. The van der Waals surface area contributed by atoms with Gasteiger partial charge >= 0.3 is 0 Å². The number of nitrogens with one attached hydrogen (secondary N) is 1. The highest BCUT2D eigenvalue weighted by Crippen LogP contribution is 2.18. The SMILES string of the molecule is CN(C)[C@@H](CNC(=O)CSCc1cccs1)c1ccccc1. The van der Waals surface area contributed by atoms with Crippen LogP contribution in [0.3, 0.4) is 0 Å². The summed E-state index contributed by atoms with van der Waals surface area (Å²) in [7, 11) is 4.07. The first-order valence-electron chi connectivity index (χ1n) is 7.25. The van der Waals surface area contributed by atoms with Crippen molar-refractivity contribution in [2.75, 3.05) is 26.4 Å². The fraction of sp³-hybridized carbons (Fsp3) is 0.353. The Hall–Kier alpha value is -1.30. The quantitative estimate of drug-likeness (QED) is 0.803. The van der Waals surface area contributed by atoms with Crippen molar-refractivity contribution in [3.63, 3.8) is 0 Å². The predicted octanol–water partition coefficient (Wildman–Crippen LogP) is 3.40. The highest BCUT2D eigenvalue weighted by atomic mass is 32.2. The second kappa shape index (κ2) is 8.98. The Bertz CT molecular complexity index is 555. The molecule has 0 radical (unpaired) electrons. The van der Waals surface area contributed by atoms with Gasteiger partial charge in [0.15, 0.2) is 0 Å². The summed E-state index contributed by atoms with van der Waals surface area (Å²) < 4.78 is 0. The summed E-state index contributed by atoms with van der Waals surface area (Å²) in [6.45, 7) is 0.634. The van der Waals surface area contributed by atoms with E-state index in [4.69, 9.17) is 0 Å². The van der Waals surface area contributed by atoms with E-state index in [2.05, 4.69) is 33.8 Å². The molecule has 0 unspecified atom stereocenters. The zero-order valence-electron chi connectivity index (χ0n) is 13.0. The van der Waals surface area contributed by atoms with Gasteiger partial charge < -0.3 is 10.2 Å². The van der Waals surface area contributed by atoms with Crippen LogP contribution in [0, 0.1) is 0 Å². The van der Waals surface area contributed by atoms with Gasteiger partial charge in [-0.15, -0.1) is 23.1 Å². The first kappa shape index (κ1) is 17.1. The highest BCUT2D eigenvalue weighted by Gasteiger charge is 2.14. The largest absolute Gasteiger partial charge is 0.353 e. The molecule has 0 aliphatic heterocycles. The fourth-order valence-electron chi connectivity index (χ4n) is 2.17. The van der Waals surface area contributed by atoms with Crippen molar-refractivity contribution in [2.24, 2.45) is 0 Å².